The first-order valence-electron chi connectivity index (χ1n) is 8.24. The van der Waals surface area contributed by atoms with Crippen molar-refractivity contribution in [1.82, 2.24) is 4.72 Å². The van der Waals surface area contributed by atoms with Gasteiger partial charge >= 0.3 is 0 Å². The number of ether oxygens (including phenoxy) is 3. The summed E-state index contributed by atoms with van der Waals surface area (Å²) in [6, 6.07) is 6.43. The molecule has 3 rings (SSSR count). The third-order valence-electron chi connectivity index (χ3n) is 3.81. The molecule has 0 aliphatic carbocycles. The standard InChI is InChI=1S/C17H21NO6S2/c19-5-8-24-17(13-4-9-25-12-13)11-18-26(20,21)14-2-3-15-16(10-14)23-7-1-6-22-15/h2-4,9-10,12,17-19H,1,5-8,11H2/t17-/m0/s1. The zero-order valence-corrected chi connectivity index (χ0v) is 15.7. The minimum absolute atomic E-state index is 0.0630. The fraction of sp³-hybridized carbons (Fsp3) is 0.412. The number of aliphatic hydroxyl groups is 1. The Balaban J connectivity index is 1.72. The van der Waals surface area contributed by atoms with Crippen molar-refractivity contribution in [1.29, 1.82) is 0 Å². The Morgan fingerprint density at radius 3 is 2.77 bits per heavy atom. The normalized spacial score (nSPS) is 15.4. The quantitative estimate of drug-likeness (QED) is 0.705. The Morgan fingerprint density at radius 1 is 1.23 bits per heavy atom. The topological polar surface area (TPSA) is 94.1 Å². The Morgan fingerprint density at radius 2 is 2.04 bits per heavy atom. The average Bonchev–Trinajstić information content (AvgIpc) is 3.06. The van der Waals surface area contributed by atoms with Crippen LogP contribution in [0.25, 0.3) is 0 Å². The van der Waals surface area contributed by atoms with Gasteiger partial charge in [-0.1, -0.05) is 0 Å². The van der Waals surface area contributed by atoms with Gasteiger partial charge in [0.1, 0.15) is 0 Å². The molecule has 0 radical (unpaired) electrons. The van der Waals surface area contributed by atoms with Crippen LogP contribution in [0.2, 0.25) is 0 Å². The molecule has 1 aliphatic rings. The van der Waals surface area contributed by atoms with Crippen LogP contribution in [-0.4, -0.2) is 46.5 Å². The fourth-order valence-corrected chi connectivity index (χ4v) is 4.25. The van der Waals surface area contributed by atoms with Crippen molar-refractivity contribution in [3.8, 4) is 11.5 Å². The van der Waals surface area contributed by atoms with Crippen molar-refractivity contribution < 1.29 is 27.7 Å². The van der Waals surface area contributed by atoms with E-state index in [9.17, 15) is 8.42 Å². The summed E-state index contributed by atoms with van der Waals surface area (Å²) in [5.41, 5.74) is 0.866. The van der Waals surface area contributed by atoms with Crippen molar-refractivity contribution in [2.45, 2.75) is 17.4 Å². The van der Waals surface area contributed by atoms with Gasteiger partial charge in [-0.3, -0.25) is 0 Å². The Kier molecular flexibility index (Phi) is 6.49. The van der Waals surface area contributed by atoms with Crippen LogP contribution >= 0.6 is 11.3 Å². The van der Waals surface area contributed by atoms with E-state index in [1.807, 2.05) is 16.8 Å². The number of thiophene rings is 1. The second-order valence-electron chi connectivity index (χ2n) is 5.65. The summed E-state index contributed by atoms with van der Waals surface area (Å²) >= 11 is 1.50. The van der Waals surface area contributed by atoms with E-state index in [1.54, 1.807) is 6.07 Å². The van der Waals surface area contributed by atoms with E-state index in [-0.39, 0.29) is 24.7 Å². The van der Waals surface area contributed by atoms with E-state index in [2.05, 4.69) is 4.72 Å². The first-order valence-corrected chi connectivity index (χ1v) is 10.7. The van der Waals surface area contributed by atoms with E-state index in [4.69, 9.17) is 19.3 Å². The fourth-order valence-electron chi connectivity index (χ4n) is 2.51. The van der Waals surface area contributed by atoms with E-state index in [0.717, 1.165) is 12.0 Å². The van der Waals surface area contributed by atoms with Crippen molar-refractivity contribution in [3.05, 3.63) is 40.6 Å². The third-order valence-corrected chi connectivity index (χ3v) is 5.94. The van der Waals surface area contributed by atoms with Gasteiger partial charge in [0.25, 0.3) is 0 Å². The number of hydrogen-bond acceptors (Lipinski definition) is 7. The van der Waals surface area contributed by atoms with Crippen LogP contribution < -0.4 is 14.2 Å². The van der Waals surface area contributed by atoms with Crippen LogP contribution in [0.5, 0.6) is 11.5 Å². The first kappa shape index (κ1) is 19.1. The predicted octanol–water partition coefficient (Wildman–Crippen LogP) is 1.94. The van der Waals surface area contributed by atoms with Crippen molar-refractivity contribution in [3.63, 3.8) is 0 Å². The van der Waals surface area contributed by atoms with Gasteiger partial charge in [-0.25, -0.2) is 13.1 Å². The van der Waals surface area contributed by atoms with Gasteiger partial charge in [-0.2, -0.15) is 11.3 Å². The summed E-state index contributed by atoms with van der Waals surface area (Å²) < 4.78 is 44.5. The third kappa shape index (κ3) is 4.74. The summed E-state index contributed by atoms with van der Waals surface area (Å²) in [4.78, 5) is 0.105. The van der Waals surface area contributed by atoms with Crippen LogP contribution in [0, 0.1) is 0 Å². The Bertz CT molecular complexity index is 807. The zero-order valence-electron chi connectivity index (χ0n) is 14.1. The highest BCUT2D eigenvalue weighted by Gasteiger charge is 2.21. The van der Waals surface area contributed by atoms with Crippen LogP contribution in [0.1, 0.15) is 18.1 Å². The molecule has 1 atom stereocenters. The van der Waals surface area contributed by atoms with E-state index in [0.29, 0.717) is 24.7 Å². The monoisotopic (exact) mass is 399 g/mol. The Hall–Kier alpha value is -1.65. The summed E-state index contributed by atoms with van der Waals surface area (Å²) in [5, 5.41) is 12.8. The smallest absolute Gasteiger partial charge is 0.240 e. The minimum Gasteiger partial charge on any atom is -0.490 e. The maximum Gasteiger partial charge on any atom is 0.240 e. The first-order chi connectivity index (χ1) is 12.6. The lowest BCUT2D eigenvalue weighted by Crippen LogP contribution is -2.30. The number of aliphatic hydroxyl groups excluding tert-OH is 1. The van der Waals surface area contributed by atoms with Crippen LogP contribution in [0.15, 0.2) is 39.9 Å². The lowest BCUT2D eigenvalue weighted by molar-refractivity contribution is 0.0311. The van der Waals surface area contributed by atoms with Crippen LogP contribution in [0.3, 0.4) is 0 Å². The van der Waals surface area contributed by atoms with Crippen molar-refractivity contribution in [2.24, 2.45) is 0 Å². The second-order valence-corrected chi connectivity index (χ2v) is 8.20. The highest BCUT2D eigenvalue weighted by atomic mass is 32.2. The highest BCUT2D eigenvalue weighted by molar-refractivity contribution is 7.89. The molecule has 0 spiro atoms. The number of hydrogen-bond donors (Lipinski definition) is 2. The summed E-state index contributed by atoms with van der Waals surface area (Å²) in [6.45, 7) is 1.09. The molecular weight excluding hydrogens is 378 g/mol. The molecular formula is C17H21NO6S2. The maximum absolute atomic E-state index is 12.6. The molecule has 2 aromatic rings. The Labute approximate surface area is 156 Å². The maximum atomic E-state index is 12.6. The molecule has 2 heterocycles. The molecule has 0 saturated carbocycles. The second kappa shape index (κ2) is 8.83. The van der Waals surface area contributed by atoms with Gasteiger partial charge < -0.3 is 19.3 Å². The SMILES string of the molecule is O=S(=O)(NC[C@H](OCCO)c1ccsc1)c1ccc2c(c1)OCCCO2. The highest BCUT2D eigenvalue weighted by Crippen LogP contribution is 2.32. The van der Waals surface area contributed by atoms with E-state index >= 15 is 0 Å². The molecule has 142 valence electrons. The molecule has 0 unspecified atom stereocenters. The molecule has 9 heteroatoms. The lowest BCUT2D eigenvalue weighted by Gasteiger charge is -2.17. The number of sulfonamides is 1. The minimum atomic E-state index is -3.74. The van der Waals surface area contributed by atoms with E-state index < -0.39 is 16.1 Å². The van der Waals surface area contributed by atoms with Crippen molar-refractivity contribution >= 4 is 21.4 Å². The number of benzene rings is 1. The van der Waals surface area contributed by atoms with Gasteiger partial charge in [0.2, 0.25) is 10.0 Å². The van der Waals surface area contributed by atoms with Crippen LogP contribution in [-0.2, 0) is 14.8 Å². The van der Waals surface area contributed by atoms with Gasteiger partial charge in [-0.05, 0) is 34.5 Å². The molecule has 0 saturated heterocycles. The largest absolute Gasteiger partial charge is 0.490 e. The molecule has 0 fully saturated rings. The van der Waals surface area contributed by atoms with Gasteiger partial charge in [0, 0.05) is 19.0 Å². The summed E-state index contributed by atoms with van der Waals surface area (Å²) in [7, 11) is -3.74. The molecule has 1 aromatic heterocycles. The summed E-state index contributed by atoms with van der Waals surface area (Å²) in [5.74, 6) is 0.972. The van der Waals surface area contributed by atoms with Gasteiger partial charge in [0.15, 0.2) is 11.5 Å². The zero-order chi connectivity index (χ0) is 18.4. The average molecular weight is 399 g/mol. The molecule has 1 aromatic carbocycles. The van der Waals surface area contributed by atoms with Crippen molar-refractivity contribution in [2.75, 3.05) is 33.0 Å². The van der Waals surface area contributed by atoms with E-state index in [1.165, 1.54) is 23.5 Å². The molecule has 0 bridgehead atoms. The van der Waals surface area contributed by atoms with Gasteiger partial charge in [0.05, 0.1) is 37.4 Å². The van der Waals surface area contributed by atoms with Gasteiger partial charge in [-0.15, -0.1) is 0 Å². The number of fused-ring (bicyclic) bond motifs is 1. The number of nitrogens with one attached hydrogen (secondary N) is 1. The molecule has 0 amide bonds. The predicted molar refractivity (Wildman–Crippen MR) is 97.3 cm³/mol. The molecule has 7 nitrogen and oxygen atoms in total. The molecule has 26 heavy (non-hydrogen) atoms. The van der Waals surface area contributed by atoms with Crippen LogP contribution in [0.4, 0.5) is 0 Å². The number of rotatable bonds is 8. The molecule has 2 N–H and O–H groups in total. The molecule has 1 aliphatic heterocycles. The summed E-state index contributed by atoms with van der Waals surface area (Å²) in [6.07, 6.45) is 0.281. The lowest BCUT2D eigenvalue weighted by atomic mass is 10.2.